The Morgan fingerprint density at radius 2 is 2.00 bits per heavy atom. The average molecular weight is 356 g/mol. The maximum absolute atomic E-state index is 12.1. The van der Waals surface area contributed by atoms with Crippen LogP contribution in [0.5, 0.6) is 0 Å². The molecule has 4 nitrogen and oxygen atoms in total. The van der Waals surface area contributed by atoms with Gasteiger partial charge in [-0.2, -0.15) is 0 Å². The first-order valence-corrected chi connectivity index (χ1v) is 8.23. The van der Waals surface area contributed by atoms with Crippen molar-refractivity contribution in [3.05, 3.63) is 28.2 Å². The SMILES string of the molecule is CCCN(CC(=O)N(C)C)c1cc(Br)ccc1CNCC. The van der Waals surface area contributed by atoms with Crippen LogP contribution in [0.3, 0.4) is 0 Å². The van der Waals surface area contributed by atoms with Crippen molar-refractivity contribution < 1.29 is 4.79 Å². The third kappa shape index (κ3) is 5.67. The number of amides is 1. The Kier molecular flexibility index (Phi) is 7.75. The van der Waals surface area contributed by atoms with Gasteiger partial charge < -0.3 is 15.1 Å². The predicted octanol–water partition coefficient (Wildman–Crippen LogP) is 2.86. The van der Waals surface area contributed by atoms with Crippen LogP contribution in [0.1, 0.15) is 25.8 Å². The standard InChI is InChI=1S/C16H26BrN3O/c1-5-9-20(12-16(21)19(3)4)15-10-14(17)8-7-13(15)11-18-6-2/h7-8,10,18H,5-6,9,11-12H2,1-4H3. The minimum Gasteiger partial charge on any atom is -0.362 e. The second-order valence-electron chi connectivity index (χ2n) is 5.26. The number of carbonyl (C=O) groups is 1. The fraction of sp³-hybridized carbons (Fsp3) is 0.562. The van der Waals surface area contributed by atoms with Gasteiger partial charge in [0.05, 0.1) is 6.54 Å². The minimum atomic E-state index is 0.123. The summed E-state index contributed by atoms with van der Waals surface area (Å²) in [6.45, 7) is 7.26. The van der Waals surface area contributed by atoms with Crippen molar-refractivity contribution in [2.24, 2.45) is 0 Å². The molecule has 21 heavy (non-hydrogen) atoms. The lowest BCUT2D eigenvalue weighted by Crippen LogP contribution is -2.37. The van der Waals surface area contributed by atoms with Crippen LogP contribution in [-0.4, -0.2) is 44.5 Å². The van der Waals surface area contributed by atoms with Gasteiger partial charge >= 0.3 is 0 Å². The zero-order chi connectivity index (χ0) is 15.8. The second kappa shape index (κ2) is 9.05. The van der Waals surface area contributed by atoms with Crippen molar-refractivity contribution in [1.29, 1.82) is 0 Å². The fourth-order valence-corrected chi connectivity index (χ4v) is 2.45. The van der Waals surface area contributed by atoms with Crippen LogP contribution in [0, 0.1) is 0 Å². The van der Waals surface area contributed by atoms with E-state index in [-0.39, 0.29) is 5.91 Å². The molecule has 0 spiro atoms. The molecule has 0 heterocycles. The van der Waals surface area contributed by atoms with Gasteiger partial charge in [0.15, 0.2) is 0 Å². The van der Waals surface area contributed by atoms with Crippen LogP contribution in [0.4, 0.5) is 5.69 Å². The van der Waals surface area contributed by atoms with Crippen molar-refractivity contribution in [3.8, 4) is 0 Å². The third-order valence-corrected chi connectivity index (χ3v) is 3.77. The summed E-state index contributed by atoms with van der Waals surface area (Å²) in [5.74, 6) is 0.123. The molecule has 0 bridgehead atoms. The Hall–Kier alpha value is -1.07. The number of carbonyl (C=O) groups excluding carboxylic acids is 1. The summed E-state index contributed by atoms with van der Waals surface area (Å²) in [5, 5.41) is 3.36. The molecule has 0 fully saturated rings. The maximum atomic E-state index is 12.1. The summed E-state index contributed by atoms with van der Waals surface area (Å²) in [6, 6.07) is 6.27. The number of halogens is 1. The molecule has 1 N–H and O–H groups in total. The highest BCUT2D eigenvalue weighted by atomic mass is 79.9. The van der Waals surface area contributed by atoms with E-state index in [1.165, 1.54) is 5.56 Å². The van der Waals surface area contributed by atoms with Crippen molar-refractivity contribution >= 4 is 27.5 Å². The average Bonchev–Trinajstić information content (AvgIpc) is 2.45. The lowest BCUT2D eigenvalue weighted by molar-refractivity contribution is -0.127. The summed E-state index contributed by atoms with van der Waals surface area (Å²) in [6.07, 6.45) is 1.01. The van der Waals surface area contributed by atoms with E-state index >= 15 is 0 Å². The summed E-state index contributed by atoms with van der Waals surface area (Å²) >= 11 is 3.54. The monoisotopic (exact) mass is 355 g/mol. The molecule has 0 aliphatic heterocycles. The van der Waals surface area contributed by atoms with Crippen LogP contribution < -0.4 is 10.2 Å². The molecule has 5 heteroatoms. The lowest BCUT2D eigenvalue weighted by atomic mass is 10.1. The largest absolute Gasteiger partial charge is 0.362 e. The summed E-state index contributed by atoms with van der Waals surface area (Å²) < 4.78 is 1.04. The lowest BCUT2D eigenvalue weighted by Gasteiger charge is -2.28. The maximum Gasteiger partial charge on any atom is 0.241 e. The number of benzene rings is 1. The number of nitrogens with zero attached hydrogens (tertiary/aromatic N) is 2. The molecular weight excluding hydrogens is 330 g/mol. The van der Waals surface area contributed by atoms with Crippen molar-refractivity contribution in [2.75, 3.05) is 38.6 Å². The first kappa shape index (κ1) is 18.0. The molecular formula is C16H26BrN3O. The summed E-state index contributed by atoms with van der Waals surface area (Å²) in [7, 11) is 3.60. The van der Waals surface area contributed by atoms with Crippen molar-refractivity contribution in [3.63, 3.8) is 0 Å². The van der Waals surface area contributed by atoms with E-state index in [9.17, 15) is 4.79 Å². The molecule has 0 atom stereocenters. The summed E-state index contributed by atoms with van der Waals surface area (Å²) in [4.78, 5) is 15.9. The molecule has 0 aliphatic carbocycles. The van der Waals surface area contributed by atoms with Crippen molar-refractivity contribution in [1.82, 2.24) is 10.2 Å². The molecule has 1 aromatic carbocycles. The smallest absolute Gasteiger partial charge is 0.241 e. The van der Waals surface area contributed by atoms with Crippen molar-refractivity contribution in [2.45, 2.75) is 26.8 Å². The molecule has 0 saturated heterocycles. The molecule has 0 aliphatic rings. The highest BCUT2D eigenvalue weighted by Crippen LogP contribution is 2.25. The van der Waals surface area contributed by atoms with Gasteiger partial charge in [-0.1, -0.05) is 35.8 Å². The zero-order valence-corrected chi connectivity index (χ0v) is 15.0. The molecule has 0 radical (unpaired) electrons. The second-order valence-corrected chi connectivity index (χ2v) is 6.18. The molecule has 0 saturated carbocycles. The van der Waals surface area contributed by atoms with E-state index in [0.717, 1.165) is 36.2 Å². The number of hydrogen-bond acceptors (Lipinski definition) is 3. The van der Waals surface area contributed by atoms with Crippen LogP contribution in [0.2, 0.25) is 0 Å². The van der Waals surface area contributed by atoms with E-state index in [1.54, 1.807) is 19.0 Å². The Balaban J connectivity index is 3.04. The number of rotatable bonds is 8. The molecule has 118 valence electrons. The van der Waals surface area contributed by atoms with Gasteiger partial charge in [-0.05, 0) is 30.7 Å². The van der Waals surface area contributed by atoms with Crippen LogP contribution in [-0.2, 0) is 11.3 Å². The number of nitrogens with one attached hydrogen (secondary N) is 1. The van der Waals surface area contributed by atoms with E-state index in [0.29, 0.717) is 6.54 Å². The Bertz CT molecular complexity index is 463. The van der Waals surface area contributed by atoms with Gasteiger partial charge in [0, 0.05) is 37.3 Å². The first-order chi connectivity index (χ1) is 9.99. The highest BCUT2D eigenvalue weighted by Gasteiger charge is 2.15. The molecule has 0 unspecified atom stereocenters. The first-order valence-electron chi connectivity index (χ1n) is 7.43. The minimum absolute atomic E-state index is 0.123. The van der Waals surface area contributed by atoms with E-state index in [4.69, 9.17) is 0 Å². The highest BCUT2D eigenvalue weighted by molar-refractivity contribution is 9.10. The fourth-order valence-electron chi connectivity index (χ4n) is 2.10. The van der Waals surface area contributed by atoms with Gasteiger partial charge in [0.25, 0.3) is 0 Å². The Morgan fingerprint density at radius 3 is 2.57 bits per heavy atom. The summed E-state index contributed by atoms with van der Waals surface area (Å²) in [5.41, 5.74) is 2.35. The van der Waals surface area contributed by atoms with Crippen LogP contribution in [0.25, 0.3) is 0 Å². The van der Waals surface area contributed by atoms with E-state index in [1.807, 2.05) is 6.07 Å². The van der Waals surface area contributed by atoms with Gasteiger partial charge in [0.2, 0.25) is 5.91 Å². The van der Waals surface area contributed by atoms with Gasteiger partial charge in [-0.15, -0.1) is 0 Å². The normalized spacial score (nSPS) is 10.5. The Labute approximate surface area is 136 Å². The zero-order valence-electron chi connectivity index (χ0n) is 13.4. The van der Waals surface area contributed by atoms with Gasteiger partial charge in [-0.25, -0.2) is 0 Å². The van der Waals surface area contributed by atoms with E-state index in [2.05, 4.69) is 52.1 Å². The number of likely N-dealkylation sites (N-methyl/N-ethyl adjacent to an activating group) is 1. The number of anilines is 1. The molecule has 1 aromatic rings. The quantitative estimate of drug-likeness (QED) is 0.778. The van der Waals surface area contributed by atoms with Crippen LogP contribution >= 0.6 is 15.9 Å². The number of hydrogen-bond donors (Lipinski definition) is 1. The Morgan fingerprint density at radius 1 is 1.29 bits per heavy atom. The van der Waals surface area contributed by atoms with Gasteiger partial charge in [0.1, 0.15) is 0 Å². The molecule has 1 amide bonds. The van der Waals surface area contributed by atoms with Gasteiger partial charge in [-0.3, -0.25) is 4.79 Å². The predicted molar refractivity (Wildman–Crippen MR) is 92.7 cm³/mol. The third-order valence-electron chi connectivity index (χ3n) is 3.27. The van der Waals surface area contributed by atoms with E-state index < -0.39 is 0 Å². The molecule has 0 aromatic heterocycles. The topological polar surface area (TPSA) is 35.6 Å². The molecule has 1 rings (SSSR count). The van der Waals surface area contributed by atoms with Crippen LogP contribution in [0.15, 0.2) is 22.7 Å².